The highest BCUT2D eigenvalue weighted by Crippen LogP contribution is 2.27. The van der Waals surface area contributed by atoms with Gasteiger partial charge in [-0.25, -0.2) is 14.4 Å². The minimum absolute atomic E-state index is 0.261. The number of hydrogen-bond acceptors (Lipinski definition) is 4. The number of amides is 1. The number of hydrogen-bond donors (Lipinski definition) is 2. The van der Waals surface area contributed by atoms with E-state index in [1.165, 1.54) is 24.5 Å². The van der Waals surface area contributed by atoms with Crippen LogP contribution in [0, 0.1) is 19.7 Å². The molecule has 26 heavy (non-hydrogen) atoms. The second-order valence-electron chi connectivity index (χ2n) is 5.82. The van der Waals surface area contributed by atoms with Crippen LogP contribution in [0.1, 0.15) is 21.5 Å². The van der Waals surface area contributed by atoms with Gasteiger partial charge in [-0.1, -0.05) is 23.7 Å². The molecule has 1 aromatic heterocycles. The summed E-state index contributed by atoms with van der Waals surface area (Å²) < 4.78 is 13.2. The minimum atomic E-state index is -0.365. The molecular formula is C19H16ClFN4O. The number of halogens is 2. The van der Waals surface area contributed by atoms with Gasteiger partial charge in [-0.2, -0.15) is 0 Å². The molecule has 0 spiro atoms. The predicted octanol–water partition coefficient (Wildman–Crippen LogP) is 4.88. The molecule has 3 aromatic rings. The van der Waals surface area contributed by atoms with Gasteiger partial charge in [0.15, 0.2) is 0 Å². The molecule has 0 saturated heterocycles. The normalized spacial score (nSPS) is 10.5. The van der Waals surface area contributed by atoms with Gasteiger partial charge in [-0.15, -0.1) is 0 Å². The average molecular weight is 371 g/mol. The first-order chi connectivity index (χ1) is 12.4. The van der Waals surface area contributed by atoms with Crippen molar-refractivity contribution in [3.8, 4) is 0 Å². The summed E-state index contributed by atoms with van der Waals surface area (Å²) in [6.07, 6.45) is 2.78. The van der Waals surface area contributed by atoms with Crippen molar-refractivity contribution in [3.05, 3.63) is 76.3 Å². The predicted molar refractivity (Wildman–Crippen MR) is 101 cm³/mol. The van der Waals surface area contributed by atoms with Crippen LogP contribution in [0.5, 0.6) is 0 Å². The van der Waals surface area contributed by atoms with Crippen LogP contribution >= 0.6 is 11.6 Å². The van der Waals surface area contributed by atoms with Crippen molar-refractivity contribution in [2.45, 2.75) is 13.8 Å². The summed E-state index contributed by atoms with van der Waals surface area (Å²) in [5.74, 6) is -0.468. The highest BCUT2D eigenvalue weighted by Gasteiger charge is 2.12. The molecule has 3 rings (SSSR count). The Hall–Kier alpha value is -2.99. The summed E-state index contributed by atoms with van der Waals surface area (Å²) in [6, 6.07) is 9.66. The molecule has 7 heteroatoms. The van der Waals surface area contributed by atoms with E-state index in [1.807, 2.05) is 19.9 Å². The molecule has 1 amide bonds. The Morgan fingerprint density at radius 2 is 1.85 bits per heavy atom. The molecule has 132 valence electrons. The van der Waals surface area contributed by atoms with E-state index in [9.17, 15) is 9.18 Å². The highest BCUT2D eigenvalue weighted by molar-refractivity contribution is 6.34. The van der Waals surface area contributed by atoms with Gasteiger partial charge in [-0.05, 0) is 49.2 Å². The Bertz CT molecular complexity index is 937. The molecule has 0 atom stereocenters. The molecule has 0 radical (unpaired) electrons. The van der Waals surface area contributed by atoms with Crippen molar-refractivity contribution < 1.29 is 9.18 Å². The fourth-order valence-electron chi connectivity index (χ4n) is 2.46. The van der Waals surface area contributed by atoms with Gasteiger partial charge in [0.05, 0.1) is 16.3 Å². The van der Waals surface area contributed by atoms with Crippen molar-refractivity contribution in [2.75, 3.05) is 10.6 Å². The number of anilines is 3. The van der Waals surface area contributed by atoms with E-state index < -0.39 is 0 Å². The maximum absolute atomic E-state index is 13.2. The van der Waals surface area contributed by atoms with Crippen LogP contribution in [0.15, 0.2) is 48.8 Å². The number of carbonyl (C=O) groups is 1. The lowest BCUT2D eigenvalue weighted by Gasteiger charge is -2.11. The standard InChI is InChI=1S/C19H16ClFN4O/c1-11-6-12(2)17(16(20)7-11)25-18(26)13-9-22-19(23-10-13)24-15-5-3-4-14(21)8-15/h3-10H,1-2H3,(H,25,26)(H,22,23,24). The smallest absolute Gasteiger partial charge is 0.258 e. The first kappa shape index (κ1) is 17.8. The zero-order valence-electron chi connectivity index (χ0n) is 14.2. The van der Waals surface area contributed by atoms with Crippen molar-refractivity contribution in [1.82, 2.24) is 9.97 Å². The number of aromatic nitrogens is 2. The van der Waals surface area contributed by atoms with E-state index in [4.69, 9.17) is 11.6 Å². The monoisotopic (exact) mass is 370 g/mol. The largest absolute Gasteiger partial charge is 0.324 e. The number of nitrogens with one attached hydrogen (secondary N) is 2. The van der Waals surface area contributed by atoms with Gasteiger partial charge >= 0.3 is 0 Å². The third-order valence-corrected chi connectivity index (χ3v) is 3.96. The zero-order valence-corrected chi connectivity index (χ0v) is 14.9. The quantitative estimate of drug-likeness (QED) is 0.686. The first-order valence-corrected chi connectivity index (χ1v) is 8.23. The lowest BCUT2D eigenvalue weighted by molar-refractivity contribution is 0.102. The molecule has 0 saturated carbocycles. The fraction of sp³-hybridized carbons (Fsp3) is 0.105. The van der Waals surface area contributed by atoms with Crippen LogP contribution in [0.2, 0.25) is 5.02 Å². The number of nitrogens with zero attached hydrogens (tertiary/aromatic N) is 2. The van der Waals surface area contributed by atoms with Gasteiger partial charge in [0.25, 0.3) is 5.91 Å². The molecule has 0 unspecified atom stereocenters. The molecule has 5 nitrogen and oxygen atoms in total. The number of carbonyl (C=O) groups excluding carboxylic acids is 1. The Balaban J connectivity index is 1.73. The summed E-state index contributed by atoms with van der Waals surface area (Å²) in [5.41, 5.74) is 3.24. The molecule has 0 aliphatic rings. The van der Waals surface area contributed by atoms with Gasteiger partial charge in [0, 0.05) is 18.1 Å². The first-order valence-electron chi connectivity index (χ1n) is 7.85. The van der Waals surface area contributed by atoms with Gasteiger partial charge in [-0.3, -0.25) is 4.79 Å². The Morgan fingerprint density at radius 1 is 1.12 bits per heavy atom. The Morgan fingerprint density at radius 3 is 2.50 bits per heavy atom. The summed E-state index contributed by atoms with van der Waals surface area (Å²) in [5, 5.41) is 6.12. The third kappa shape index (κ3) is 4.15. The minimum Gasteiger partial charge on any atom is -0.324 e. The van der Waals surface area contributed by atoms with Crippen LogP contribution < -0.4 is 10.6 Å². The van der Waals surface area contributed by atoms with Crippen LogP contribution in [-0.2, 0) is 0 Å². The fourth-order valence-corrected chi connectivity index (χ4v) is 2.83. The molecule has 2 aromatic carbocycles. The number of rotatable bonds is 4. The van der Waals surface area contributed by atoms with E-state index in [0.29, 0.717) is 16.4 Å². The second-order valence-corrected chi connectivity index (χ2v) is 6.23. The Labute approximate surface area is 155 Å². The average Bonchev–Trinajstić information content (AvgIpc) is 2.58. The zero-order chi connectivity index (χ0) is 18.7. The molecule has 0 bridgehead atoms. The number of benzene rings is 2. The van der Waals surface area contributed by atoms with Crippen LogP contribution in [0.25, 0.3) is 0 Å². The maximum Gasteiger partial charge on any atom is 0.258 e. The van der Waals surface area contributed by atoms with E-state index in [-0.39, 0.29) is 23.2 Å². The third-order valence-electron chi connectivity index (χ3n) is 3.67. The molecule has 0 aliphatic carbocycles. The van der Waals surface area contributed by atoms with Crippen molar-refractivity contribution >= 4 is 34.8 Å². The number of aryl methyl sites for hydroxylation is 2. The topological polar surface area (TPSA) is 66.9 Å². The van der Waals surface area contributed by atoms with E-state index >= 15 is 0 Å². The van der Waals surface area contributed by atoms with Crippen LogP contribution in [-0.4, -0.2) is 15.9 Å². The van der Waals surface area contributed by atoms with E-state index in [2.05, 4.69) is 20.6 Å². The summed E-state index contributed by atoms with van der Waals surface area (Å²) >= 11 is 6.21. The van der Waals surface area contributed by atoms with Crippen LogP contribution in [0.3, 0.4) is 0 Å². The lowest BCUT2D eigenvalue weighted by Crippen LogP contribution is -2.14. The lowest BCUT2D eigenvalue weighted by atomic mass is 10.1. The van der Waals surface area contributed by atoms with Gasteiger partial charge in [0.1, 0.15) is 5.82 Å². The molecule has 2 N–H and O–H groups in total. The molecule has 0 aliphatic heterocycles. The molecular weight excluding hydrogens is 355 g/mol. The van der Waals surface area contributed by atoms with Gasteiger partial charge in [0.2, 0.25) is 5.95 Å². The summed E-state index contributed by atoms with van der Waals surface area (Å²) in [4.78, 5) is 20.6. The van der Waals surface area contributed by atoms with E-state index in [0.717, 1.165) is 11.1 Å². The SMILES string of the molecule is Cc1cc(C)c(NC(=O)c2cnc(Nc3cccc(F)c3)nc2)c(Cl)c1. The van der Waals surface area contributed by atoms with Crippen molar-refractivity contribution in [2.24, 2.45) is 0 Å². The molecule has 1 heterocycles. The highest BCUT2D eigenvalue weighted by atomic mass is 35.5. The molecule has 0 fully saturated rings. The summed E-state index contributed by atoms with van der Waals surface area (Å²) in [6.45, 7) is 3.81. The van der Waals surface area contributed by atoms with E-state index in [1.54, 1.807) is 18.2 Å². The van der Waals surface area contributed by atoms with Crippen molar-refractivity contribution in [3.63, 3.8) is 0 Å². The van der Waals surface area contributed by atoms with Crippen molar-refractivity contribution in [1.29, 1.82) is 0 Å². The maximum atomic E-state index is 13.2. The van der Waals surface area contributed by atoms with Crippen LogP contribution in [0.4, 0.5) is 21.7 Å². The van der Waals surface area contributed by atoms with Gasteiger partial charge < -0.3 is 10.6 Å². The summed E-state index contributed by atoms with van der Waals surface area (Å²) in [7, 11) is 0. The Kier molecular flexibility index (Phi) is 5.14. The second kappa shape index (κ2) is 7.49.